The predicted molar refractivity (Wildman–Crippen MR) is 116 cm³/mol. The standard InChI is InChI=1S/C22H25F5N8O/c23-21(24)3-1-14(2-4-21)18(28)15-11-34-17(32-15)7-13(10-31-34)8-20(12-35-29-5-6-30-35)9-16(22(25,26)27)33-19(20)36/h5-7,10-11,14,16,18H,1-4,8-9,12,28H2,(H,33,36)/t16-,18-,20-/m0/s1. The van der Waals surface area contributed by atoms with Crippen molar-refractivity contribution in [2.24, 2.45) is 17.1 Å². The second-order valence-corrected chi connectivity index (χ2v) is 9.84. The number of nitrogens with zero attached hydrogens (tertiary/aromatic N) is 6. The number of imidazole rings is 1. The van der Waals surface area contributed by atoms with Crippen LogP contribution in [-0.2, 0) is 17.8 Å². The zero-order valence-corrected chi connectivity index (χ0v) is 19.1. The molecule has 3 atom stereocenters. The van der Waals surface area contributed by atoms with Gasteiger partial charge in [0, 0.05) is 12.8 Å². The topological polar surface area (TPSA) is 116 Å². The van der Waals surface area contributed by atoms with Crippen LogP contribution in [0.25, 0.3) is 5.65 Å². The lowest BCUT2D eigenvalue weighted by molar-refractivity contribution is -0.155. The van der Waals surface area contributed by atoms with Gasteiger partial charge in [0.15, 0.2) is 5.65 Å². The summed E-state index contributed by atoms with van der Waals surface area (Å²) in [6.45, 7) is -0.138. The molecular weight excluding hydrogens is 487 g/mol. The molecule has 194 valence electrons. The fourth-order valence-electron chi connectivity index (χ4n) is 5.23. The van der Waals surface area contributed by atoms with E-state index >= 15 is 0 Å². The lowest BCUT2D eigenvalue weighted by Crippen LogP contribution is -2.40. The van der Waals surface area contributed by atoms with Gasteiger partial charge in [-0.15, -0.1) is 0 Å². The predicted octanol–water partition coefficient (Wildman–Crippen LogP) is 2.83. The molecule has 0 aromatic carbocycles. The molecule has 5 rings (SSSR count). The van der Waals surface area contributed by atoms with Crippen molar-refractivity contribution in [1.82, 2.24) is 34.9 Å². The highest BCUT2D eigenvalue weighted by atomic mass is 19.4. The number of halogens is 5. The van der Waals surface area contributed by atoms with Gasteiger partial charge in [-0.2, -0.15) is 33.3 Å². The quantitative estimate of drug-likeness (QED) is 0.491. The first-order valence-electron chi connectivity index (χ1n) is 11.6. The Hall–Kier alpha value is -3.16. The van der Waals surface area contributed by atoms with Crippen molar-refractivity contribution >= 4 is 11.6 Å². The van der Waals surface area contributed by atoms with Gasteiger partial charge in [-0.25, -0.2) is 18.3 Å². The van der Waals surface area contributed by atoms with Crippen molar-refractivity contribution in [3.63, 3.8) is 0 Å². The normalized spacial score (nSPS) is 25.8. The summed E-state index contributed by atoms with van der Waals surface area (Å²) >= 11 is 0. The zero-order valence-electron chi connectivity index (χ0n) is 19.1. The maximum atomic E-state index is 13.5. The van der Waals surface area contributed by atoms with Crippen LogP contribution in [0.15, 0.2) is 30.9 Å². The first-order chi connectivity index (χ1) is 16.9. The van der Waals surface area contributed by atoms with Gasteiger partial charge < -0.3 is 11.1 Å². The number of hydrogen-bond acceptors (Lipinski definition) is 6. The molecule has 36 heavy (non-hydrogen) atoms. The van der Waals surface area contributed by atoms with Crippen molar-refractivity contribution in [1.29, 1.82) is 0 Å². The summed E-state index contributed by atoms with van der Waals surface area (Å²) in [4.78, 5) is 18.6. The van der Waals surface area contributed by atoms with Crippen LogP contribution < -0.4 is 11.1 Å². The molecule has 1 aliphatic heterocycles. The maximum absolute atomic E-state index is 13.5. The molecule has 0 spiro atoms. The average Bonchev–Trinajstić information content (AvgIpc) is 3.53. The minimum absolute atomic E-state index is 0.0393. The number of rotatable bonds is 6. The van der Waals surface area contributed by atoms with Gasteiger partial charge in [0.25, 0.3) is 0 Å². The van der Waals surface area contributed by atoms with Gasteiger partial charge in [-0.05, 0) is 43.2 Å². The van der Waals surface area contributed by atoms with Gasteiger partial charge in [-0.1, -0.05) is 0 Å². The molecule has 4 heterocycles. The highest BCUT2D eigenvalue weighted by Gasteiger charge is 2.56. The number of hydrogen-bond donors (Lipinski definition) is 2. The summed E-state index contributed by atoms with van der Waals surface area (Å²) in [5.41, 5.74) is 6.30. The number of carbonyl (C=O) groups excluding carboxylic acids is 1. The highest BCUT2D eigenvalue weighted by molar-refractivity contribution is 5.85. The molecule has 3 N–H and O–H groups in total. The monoisotopic (exact) mass is 512 g/mol. The van der Waals surface area contributed by atoms with Crippen LogP contribution in [0.4, 0.5) is 22.0 Å². The zero-order chi connectivity index (χ0) is 25.7. The maximum Gasteiger partial charge on any atom is 0.408 e. The van der Waals surface area contributed by atoms with Crippen LogP contribution in [0.2, 0.25) is 0 Å². The van der Waals surface area contributed by atoms with E-state index < -0.39 is 41.9 Å². The van der Waals surface area contributed by atoms with E-state index in [4.69, 9.17) is 5.73 Å². The number of nitrogens with one attached hydrogen (secondary N) is 1. The summed E-state index contributed by atoms with van der Waals surface area (Å²) in [5.74, 6) is -3.53. The molecule has 1 amide bonds. The molecule has 2 aliphatic rings. The minimum Gasteiger partial charge on any atom is -0.344 e. The first kappa shape index (κ1) is 24.5. The Morgan fingerprint density at radius 1 is 1.17 bits per heavy atom. The number of carbonyl (C=O) groups is 1. The smallest absolute Gasteiger partial charge is 0.344 e. The van der Waals surface area contributed by atoms with Crippen molar-refractivity contribution < 1.29 is 26.7 Å². The Labute approximate surface area is 202 Å². The molecule has 0 radical (unpaired) electrons. The molecule has 3 aromatic rings. The van der Waals surface area contributed by atoms with Crippen LogP contribution in [0.5, 0.6) is 0 Å². The fourth-order valence-corrected chi connectivity index (χ4v) is 5.23. The molecule has 3 aromatic heterocycles. The Morgan fingerprint density at radius 2 is 1.86 bits per heavy atom. The second-order valence-electron chi connectivity index (χ2n) is 9.84. The second kappa shape index (κ2) is 8.75. The largest absolute Gasteiger partial charge is 0.408 e. The van der Waals surface area contributed by atoms with Gasteiger partial charge in [0.05, 0.1) is 48.5 Å². The Morgan fingerprint density at radius 3 is 2.50 bits per heavy atom. The van der Waals surface area contributed by atoms with E-state index in [0.717, 1.165) is 0 Å². The van der Waals surface area contributed by atoms with Crippen LogP contribution in [0, 0.1) is 11.3 Å². The molecule has 9 nitrogen and oxygen atoms in total. The number of fused-ring (bicyclic) bond motifs is 1. The first-order valence-corrected chi connectivity index (χ1v) is 11.6. The Balaban J connectivity index is 1.39. The molecule has 14 heteroatoms. The molecule has 1 saturated heterocycles. The Bertz CT molecular complexity index is 1230. The number of nitrogens with two attached hydrogens (primary N) is 1. The van der Waals surface area contributed by atoms with E-state index in [-0.39, 0.29) is 31.7 Å². The molecular formula is C22H25F5N8O. The summed E-state index contributed by atoms with van der Waals surface area (Å²) in [6, 6.07) is -0.877. The van der Waals surface area contributed by atoms with Crippen LogP contribution in [0.3, 0.4) is 0 Å². The molecule has 1 saturated carbocycles. The SMILES string of the molecule is N[C@H](c1cn2ncc(C[C@@]3(Cn4nccn4)C[C@@H](C(F)(F)F)NC3=O)cc2n1)C1CCC(F)(F)CC1. The lowest BCUT2D eigenvalue weighted by Gasteiger charge is -2.31. The average molecular weight is 512 g/mol. The summed E-state index contributed by atoms with van der Waals surface area (Å²) < 4.78 is 68.9. The summed E-state index contributed by atoms with van der Waals surface area (Å²) in [5, 5.41) is 14.3. The van der Waals surface area contributed by atoms with E-state index in [1.54, 1.807) is 12.3 Å². The third kappa shape index (κ3) is 4.77. The molecule has 2 fully saturated rings. The summed E-state index contributed by atoms with van der Waals surface area (Å²) in [7, 11) is 0. The van der Waals surface area contributed by atoms with Gasteiger partial charge in [0.2, 0.25) is 11.8 Å². The van der Waals surface area contributed by atoms with Crippen LogP contribution in [-0.4, -0.2) is 53.6 Å². The van der Waals surface area contributed by atoms with Crippen molar-refractivity contribution in [2.75, 3.05) is 0 Å². The van der Waals surface area contributed by atoms with E-state index in [1.165, 1.54) is 27.9 Å². The van der Waals surface area contributed by atoms with Gasteiger partial charge >= 0.3 is 6.18 Å². The van der Waals surface area contributed by atoms with E-state index in [2.05, 4.69) is 25.6 Å². The third-order valence-corrected chi connectivity index (χ3v) is 7.24. The number of aromatic nitrogens is 6. The number of amides is 1. The summed E-state index contributed by atoms with van der Waals surface area (Å²) in [6.07, 6.45) is 0.927. The molecule has 0 bridgehead atoms. The number of alkyl halides is 5. The van der Waals surface area contributed by atoms with E-state index in [0.29, 0.717) is 29.7 Å². The van der Waals surface area contributed by atoms with Crippen molar-refractivity contribution in [3.05, 3.63) is 42.1 Å². The lowest BCUT2D eigenvalue weighted by atomic mass is 9.79. The highest BCUT2D eigenvalue weighted by Crippen LogP contribution is 2.42. The van der Waals surface area contributed by atoms with Gasteiger partial charge in [0.1, 0.15) is 6.04 Å². The van der Waals surface area contributed by atoms with Crippen LogP contribution >= 0.6 is 0 Å². The fraction of sp³-hybridized carbons (Fsp3) is 0.591. The minimum atomic E-state index is -4.59. The van der Waals surface area contributed by atoms with E-state index in [9.17, 15) is 26.7 Å². The van der Waals surface area contributed by atoms with Crippen LogP contribution in [0.1, 0.15) is 49.4 Å². The van der Waals surface area contributed by atoms with Crippen molar-refractivity contribution in [2.45, 2.75) is 69.3 Å². The van der Waals surface area contributed by atoms with Crippen molar-refractivity contribution in [3.8, 4) is 0 Å². The molecule has 0 unspecified atom stereocenters. The van der Waals surface area contributed by atoms with Gasteiger partial charge in [-0.3, -0.25) is 4.79 Å². The molecule has 1 aliphatic carbocycles. The van der Waals surface area contributed by atoms with E-state index in [1.807, 2.05) is 0 Å². The Kier molecular flexibility index (Phi) is 5.96. The third-order valence-electron chi connectivity index (χ3n) is 7.24.